The monoisotopic (exact) mass is 283 g/mol. The third-order valence-corrected chi connectivity index (χ3v) is 4.00. The molecule has 0 bridgehead atoms. The SMILES string of the molecule is C#CCc1ccccc1C[P+](=O)Oc1ccccc1C. The normalized spacial score (nSPS) is 10.7. The summed E-state index contributed by atoms with van der Waals surface area (Å²) in [4.78, 5) is 0. The number of rotatable bonds is 5. The molecule has 3 heteroatoms. The molecule has 20 heavy (non-hydrogen) atoms. The van der Waals surface area contributed by atoms with Crippen LogP contribution in [0.15, 0.2) is 48.5 Å². The molecule has 0 radical (unpaired) electrons. The second-order valence-electron chi connectivity index (χ2n) is 4.50. The van der Waals surface area contributed by atoms with Gasteiger partial charge in [0.2, 0.25) is 6.16 Å². The van der Waals surface area contributed by atoms with Gasteiger partial charge in [0, 0.05) is 12.0 Å². The van der Waals surface area contributed by atoms with E-state index in [-0.39, 0.29) is 0 Å². The first-order valence-electron chi connectivity index (χ1n) is 6.39. The topological polar surface area (TPSA) is 26.3 Å². The molecule has 0 N–H and O–H groups in total. The van der Waals surface area contributed by atoms with Crippen LogP contribution in [-0.4, -0.2) is 0 Å². The van der Waals surface area contributed by atoms with Gasteiger partial charge in [0.15, 0.2) is 5.75 Å². The van der Waals surface area contributed by atoms with Crippen molar-refractivity contribution in [1.29, 1.82) is 0 Å². The second kappa shape index (κ2) is 6.89. The van der Waals surface area contributed by atoms with Gasteiger partial charge in [-0.05, 0) is 28.7 Å². The average molecular weight is 283 g/mol. The van der Waals surface area contributed by atoms with Crippen molar-refractivity contribution in [2.75, 3.05) is 0 Å². The summed E-state index contributed by atoms with van der Waals surface area (Å²) in [5.41, 5.74) is 3.00. The maximum Gasteiger partial charge on any atom is 0.560 e. The summed E-state index contributed by atoms with van der Waals surface area (Å²) >= 11 is 0. The molecule has 2 rings (SSSR count). The van der Waals surface area contributed by atoms with Gasteiger partial charge in [0.25, 0.3) is 0 Å². The Bertz CT molecular complexity index is 656. The minimum Gasteiger partial charge on any atom is -0.254 e. The van der Waals surface area contributed by atoms with Gasteiger partial charge < -0.3 is 0 Å². The van der Waals surface area contributed by atoms with Gasteiger partial charge in [-0.1, -0.05) is 42.5 Å². The van der Waals surface area contributed by atoms with Gasteiger partial charge in [-0.25, -0.2) is 0 Å². The van der Waals surface area contributed by atoms with Gasteiger partial charge in [0.05, 0.1) is 0 Å². The lowest BCUT2D eigenvalue weighted by Gasteiger charge is -2.02. The molecule has 0 aromatic heterocycles. The van der Waals surface area contributed by atoms with Crippen molar-refractivity contribution >= 4 is 8.03 Å². The van der Waals surface area contributed by atoms with E-state index in [1.54, 1.807) is 0 Å². The van der Waals surface area contributed by atoms with E-state index in [1.807, 2.05) is 55.5 Å². The van der Waals surface area contributed by atoms with E-state index in [0.29, 0.717) is 18.3 Å². The first kappa shape index (κ1) is 14.3. The maximum atomic E-state index is 12.2. The van der Waals surface area contributed by atoms with Crippen LogP contribution in [0.3, 0.4) is 0 Å². The standard InChI is InChI=1S/C17H16O2P/c1-3-8-15-10-5-6-11-16(15)13-20(18)19-17-12-7-4-9-14(17)2/h1,4-7,9-12H,8,13H2,2H3/q+1. The first-order valence-corrected chi connectivity index (χ1v) is 7.75. The Hall–Kier alpha value is -2.10. The molecular formula is C17H16O2P+. The zero-order valence-corrected chi connectivity index (χ0v) is 12.3. The Balaban J connectivity index is 2.09. The number of terminal acetylenes is 1. The molecule has 0 aliphatic rings. The summed E-state index contributed by atoms with van der Waals surface area (Å²) in [5.74, 6) is 3.29. The molecule has 2 aromatic rings. The fraction of sp³-hybridized carbons (Fsp3) is 0.176. The van der Waals surface area contributed by atoms with Gasteiger partial charge in [-0.2, -0.15) is 0 Å². The lowest BCUT2D eigenvalue weighted by Crippen LogP contribution is -1.93. The summed E-state index contributed by atoms with van der Waals surface area (Å²) in [7, 11) is -1.79. The predicted molar refractivity (Wildman–Crippen MR) is 82.1 cm³/mol. The maximum absolute atomic E-state index is 12.2. The molecular weight excluding hydrogens is 267 g/mol. The van der Waals surface area contributed by atoms with E-state index in [4.69, 9.17) is 10.9 Å². The fourth-order valence-corrected chi connectivity index (χ4v) is 3.01. The number of para-hydroxylation sites is 1. The van der Waals surface area contributed by atoms with Crippen LogP contribution in [0.1, 0.15) is 16.7 Å². The molecule has 0 aliphatic heterocycles. The Labute approximate surface area is 120 Å². The molecule has 1 atom stereocenters. The average Bonchev–Trinajstić information content (AvgIpc) is 2.44. The number of benzene rings is 2. The summed E-state index contributed by atoms with van der Waals surface area (Å²) in [6.45, 7) is 1.94. The molecule has 0 saturated heterocycles. The molecule has 2 aromatic carbocycles. The number of hydrogen-bond donors (Lipinski definition) is 0. The second-order valence-corrected chi connectivity index (χ2v) is 5.66. The van der Waals surface area contributed by atoms with Gasteiger partial charge >= 0.3 is 8.03 Å². The van der Waals surface area contributed by atoms with Gasteiger partial charge in [0.1, 0.15) is 0 Å². The Morgan fingerprint density at radius 2 is 1.75 bits per heavy atom. The van der Waals surface area contributed by atoms with Crippen molar-refractivity contribution in [2.24, 2.45) is 0 Å². The largest absolute Gasteiger partial charge is 0.560 e. The summed E-state index contributed by atoms with van der Waals surface area (Å²) in [5, 5.41) is 0. The van der Waals surface area contributed by atoms with Crippen molar-refractivity contribution in [3.63, 3.8) is 0 Å². The quantitative estimate of drug-likeness (QED) is 0.597. The molecule has 0 aliphatic carbocycles. The minimum absolute atomic E-state index is 0.377. The molecule has 0 spiro atoms. The van der Waals surface area contributed by atoms with Gasteiger partial charge in [-0.15, -0.1) is 12.3 Å². The van der Waals surface area contributed by atoms with Crippen LogP contribution in [-0.2, 0) is 17.1 Å². The van der Waals surface area contributed by atoms with Crippen LogP contribution >= 0.6 is 8.03 Å². The van der Waals surface area contributed by atoms with Gasteiger partial charge in [-0.3, -0.25) is 4.52 Å². The fourth-order valence-electron chi connectivity index (χ4n) is 1.93. The number of hydrogen-bond acceptors (Lipinski definition) is 2. The molecule has 1 unspecified atom stereocenters. The highest BCUT2D eigenvalue weighted by atomic mass is 31.1. The third kappa shape index (κ3) is 3.70. The highest BCUT2D eigenvalue weighted by molar-refractivity contribution is 7.38. The van der Waals surface area contributed by atoms with Crippen LogP contribution in [0.25, 0.3) is 0 Å². The zero-order chi connectivity index (χ0) is 14.4. The highest BCUT2D eigenvalue weighted by Gasteiger charge is 2.22. The van der Waals surface area contributed by atoms with Crippen molar-refractivity contribution in [2.45, 2.75) is 19.5 Å². The first-order chi connectivity index (χ1) is 9.70. The molecule has 0 heterocycles. The van der Waals surface area contributed by atoms with E-state index < -0.39 is 8.03 Å². The zero-order valence-electron chi connectivity index (χ0n) is 11.4. The Kier molecular flexibility index (Phi) is 4.93. The Morgan fingerprint density at radius 3 is 2.45 bits per heavy atom. The van der Waals surface area contributed by atoms with Crippen LogP contribution in [0.2, 0.25) is 0 Å². The molecule has 100 valence electrons. The van der Waals surface area contributed by atoms with Crippen LogP contribution < -0.4 is 4.52 Å². The van der Waals surface area contributed by atoms with Crippen molar-refractivity contribution in [1.82, 2.24) is 0 Å². The summed E-state index contributed by atoms with van der Waals surface area (Å²) in [6, 6.07) is 15.3. The van der Waals surface area contributed by atoms with Crippen molar-refractivity contribution in [3.05, 3.63) is 65.2 Å². The van der Waals surface area contributed by atoms with E-state index in [1.165, 1.54) is 0 Å². The molecule has 0 amide bonds. The molecule has 0 fully saturated rings. The van der Waals surface area contributed by atoms with Crippen LogP contribution in [0, 0.1) is 19.3 Å². The molecule has 0 saturated carbocycles. The lowest BCUT2D eigenvalue weighted by atomic mass is 10.1. The van der Waals surface area contributed by atoms with Crippen molar-refractivity contribution in [3.8, 4) is 18.1 Å². The van der Waals surface area contributed by atoms with Crippen LogP contribution in [0.4, 0.5) is 0 Å². The van der Waals surface area contributed by atoms with E-state index in [0.717, 1.165) is 16.7 Å². The summed E-state index contributed by atoms with van der Waals surface area (Å²) in [6.07, 6.45) is 6.27. The van der Waals surface area contributed by atoms with E-state index in [9.17, 15) is 4.57 Å². The van der Waals surface area contributed by atoms with E-state index in [2.05, 4.69) is 5.92 Å². The lowest BCUT2D eigenvalue weighted by molar-refractivity contribution is 0.502. The third-order valence-electron chi connectivity index (χ3n) is 3.00. The minimum atomic E-state index is -1.79. The Morgan fingerprint density at radius 1 is 1.10 bits per heavy atom. The molecule has 2 nitrogen and oxygen atoms in total. The smallest absolute Gasteiger partial charge is 0.254 e. The summed E-state index contributed by atoms with van der Waals surface area (Å²) < 4.78 is 17.7. The highest BCUT2D eigenvalue weighted by Crippen LogP contribution is 2.33. The van der Waals surface area contributed by atoms with Crippen LogP contribution in [0.5, 0.6) is 5.75 Å². The van der Waals surface area contributed by atoms with Crippen molar-refractivity contribution < 1.29 is 9.09 Å². The predicted octanol–water partition coefficient (Wildman–Crippen LogP) is 4.49. The number of aryl methyl sites for hydroxylation is 1. The van der Waals surface area contributed by atoms with E-state index >= 15 is 0 Å².